The first kappa shape index (κ1) is 16.8. The van der Waals surface area contributed by atoms with Gasteiger partial charge in [0.2, 0.25) is 11.8 Å². The molecule has 0 spiro atoms. The Bertz CT molecular complexity index is 881. The number of fused-ring (bicyclic) bond motifs is 1. The van der Waals surface area contributed by atoms with Crippen LogP contribution in [-0.2, 0) is 16.0 Å². The Morgan fingerprint density at radius 3 is 2.69 bits per heavy atom. The van der Waals surface area contributed by atoms with E-state index in [1.54, 1.807) is 11.3 Å². The molecule has 1 aliphatic heterocycles. The van der Waals surface area contributed by atoms with Crippen molar-refractivity contribution in [1.82, 2.24) is 14.3 Å². The van der Waals surface area contributed by atoms with E-state index < -0.39 is 0 Å². The van der Waals surface area contributed by atoms with Gasteiger partial charge in [0.25, 0.3) is 0 Å². The number of nitrogens with zero attached hydrogens (tertiary/aromatic N) is 3. The van der Waals surface area contributed by atoms with Crippen molar-refractivity contribution in [3.05, 3.63) is 53.8 Å². The number of imidazole rings is 1. The number of para-hydroxylation sites is 1. The van der Waals surface area contributed by atoms with Gasteiger partial charge < -0.3 is 10.2 Å². The number of amides is 2. The van der Waals surface area contributed by atoms with E-state index in [0.717, 1.165) is 16.3 Å². The van der Waals surface area contributed by atoms with Crippen LogP contribution in [0.5, 0.6) is 0 Å². The van der Waals surface area contributed by atoms with Crippen molar-refractivity contribution in [2.24, 2.45) is 5.92 Å². The first-order chi connectivity index (χ1) is 12.7. The summed E-state index contributed by atoms with van der Waals surface area (Å²) in [6.45, 7) is 1.24. The van der Waals surface area contributed by atoms with Gasteiger partial charge in [0.15, 0.2) is 4.96 Å². The highest BCUT2D eigenvalue weighted by molar-refractivity contribution is 7.15. The van der Waals surface area contributed by atoms with Crippen molar-refractivity contribution in [2.45, 2.75) is 19.3 Å². The maximum atomic E-state index is 12.5. The van der Waals surface area contributed by atoms with Crippen LogP contribution in [0.4, 0.5) is 5.69 Å². The van der Waals surface area contributed by atoms with Gasteiger partial charge in [-0.25, -0.2) is 4.98 Å². The van der Waals surface area contributed by atoms with Gasteiger partial charge in [0.1, 0.15) is 0 Å². The fourth-order valence-electron chi connectivity index (χ4n) is 3.28. The molecule has 4 rings (SSSR count). The van der Waals surface area contributed by atoms with Gasteiger partial charge in [-0.15, -0.1) is 11.3 Å². The molecule has 2 aromatic heterocycles. The van der Waals surface area contributed by atoms with E-state index in [2.05, 4.69) is 10.3 Å². The number of hydrogen-bond acceptors (Lipinski definition) is 4. The summed E-state index contributed by atoms with van der Waals surface area (Å²) in [6.07, 6.45) is 5.56. The fraction of sp³-hybridized carbons (Fsp3) is 0.316. The Kier molecular flexibility index (Phi) is 4.71. The van der Waals surface area contributed by atoms with Crippen LogP contribution in [0, 0.1) is 5.92 Å². The van der Waals surface area contributed by atoms with Crippen LogP contribution in [0.3, 0.4) is 0 Å². The summed E-state index contributed by atoms with van der Waals surface area (Å²) in [7, 11) is 0. The third kappa shape index (κ3) is 3.62. The molecule has 0 radical (unpaired) electrons. The Balaban J connectivity index is 1.29. The van der Waals surface area contributed by atoms with Crippen LogP contribution < -0.4 is 5.32 Å². The number of aromatic nitrogens is 2. The summed E-state index contributed by atoms with van der Waals surface area (Å²) >= 11 is 1.56. The number of rotatable bonds is 4. The van der Waals surface area contributed by atoms with Crippen molar-refractivity contribution in [3.8, 4) is 0 Å². The van der Waals surface area contributed by atoms with Gasteiger partial charge in [-0.3, -0.25) is 14.0 Å². The normalized spacial score (nSPS) is 15.3. The molecule has 6 nitrogen and oxygen atoms in total. The molecule has 3 heterocycles. The second-order valence-electron chi connectivity index (χ2n) is 6.51. The Hall–Kier alpha value is -2.67. The first-order valence-corrected chi connectivity index (χ1v) is 9.62. The second-order valence-corrected chi connectivity index (χ2v) is 7.39. The Morgan fingerprint density at radius 2 is 1.96 bits per heavy atom. The standard InChI is InChI=1S/C19H20N4O2S/c24-17(12-16-13-23-10-11-26-19(23)21-16)22-8-6-14(7-9-22)18(25)20-15-4-2-1-3-5-15/h1-5,10-11,13-14H,6-9,12H2,(H,20,25). The van der Waals surface area contributed by atoms with Gasteiger partial charge in [-0.2, -0.15) is 0 Å². The highest BCUT2D eigenvalue weighted by atomic mass is 32.1. The molecule has 1 aromatic carbocycles. The first-order valence-electron chi connectivity index (χ1n) is 8.74. The Morgan fingerprint density at radius 1 is 1.19 bits per heavy atom. The zero-order valence-corrected chi connectivity index (χ0v) is 15.1. The molecule has 1 N–H and O–H groups in total. The van der Waals surface area contributed by atoms with E-state index >= 15 is 0 Å². The lowest BCUT2D eigenvalue weighted by molar-refractivity contribution is -0.133. The Labute approximate surface area is 155 Å². The van der Waals surface area contributed by atoms with Gasteiger partial charge in [-0.05, 0) is 25.0 Å². The minimum absolute atomic E-state index is 0.0395. The molecule has 134 valence electrons. The highest BCUT2D eigenvalue weighted by Crippen LogP contribution is 2.20. The van der Waals surface area contributed by atoms with Crippen LogP contribution in [0.1, 0.15) is 18.5 Å². The molecule has 0 saturated carbocycles. The molecular weight excluding hydrogens is 348 g/mol. The largest absolute Gasteiger partial charge is 0.342 e. The molecule has 1 aliphatic rings. The second kappa shape index (κ2) is 7.29. The molecule has 3 aromatic rings. The molecule has 0 atom stereocenters. The van der Waals surface area contributed by atoms with Crippen molar-refractivity contribution in [3.63, 3.8) is 0 Å². The number of anilines is 1. The predicted molar refractivity (Wildman–Crippen MR) is 101 cm³/mol. The molecular formula is C19H20N4O2S. The van der Waals surface area contributed by atoms with Gasteiger partial charge in [0.05, 0.1) is 12.1 Å². The number of carbonyl (C=O) groups excluding carboxylic acids is 2. The molecule has 0 aliphatic carbocycles. The van der Waals surface area contributed by atoms with Crippen LogP contribution in [0.15, 0.2) is 48.1 Å². The van der Waals surface area contributed by atoms with E-state index in [9.17, 15) is 9.59 Å². The number of carbonyl (C=O) groups is 2. The molecule has 1 saturated heterocycles. The van der Waals surface area contributed by atoms with Gasteiger partial charge in [0, 0.05) is 42.5 Å². The van der Waals surface area contributed by atoms with E-state index in [-0.39, 0.29) is 17.7 Å². The topological polar surface area (TPSA) is 66.7 Å². The lowest BCUT2D eigenvalue weighted by atomic mass is 9.95. The lowest BCUT2D eigenvalue weighted by Gasteiger charge is -2.31. The number of likely N-dealkylation sites (tertiary alicyclic amines) is 1. The maximum Gasteiger partial charge on any atom is 0.228 e. The van der Waals surface area contributed by atoms with E-state index in [4.69, 9.17) is 0 Å². The molecule has 2 amide bonds. The third-order valence-corrected chi connectivity index (χ3v) is 5.51. The predicted octanol–water partition coefficient (Wildman–Crippen LogP) is 2.82. The summed E-state index contributed by atoms with van der Waals surface area (Å²) < 4.78 is 1.94. The SMILES string of the molecule is O=C(Nc1ccccc1)C1CCN(C(=O)Cc2cn3ccsc3n2)CC1. The minimum Gasteiger partial charge on any atom is -0.342 e. The van der Waals surface area contributed by atoms with Crippen molar-refractivity contribution < 1.29 is 9.59 Å². The summed E-state index contributed by atoms with van der Waals surface area (Å²) in [5.74, 6) is 0.0764. The number of thiazole rings is 1. The zero-order valence-electron chi connectivity index (χ0n) is 14.3. The summed E-state index contributed by atoms with van der Waals surface area (Å²) in [5.41, 5.74) is 1.61. The number of benzene rings is 1. The molecule has 26 heavy (non-hydrogen) atoms. The van der Waals surface area contributed by atoms with Crippen molar-refractivity contribution >= 4 is 33.8 Å². The lowest BCUT2D eigenvalue weighted by Crippen LogP contribution is -2.42. The van der Waals surface area contributed by atoms with Crippen molar-refractivity contribution in [1.29, 1.82) is 0 Å². The number of nitrogens with one attached hydrogen (secondary N) is 1. The highest BCUT2D eigenvalue weighted by Gasteiger charge is 2.27. The molecule has 7 heteroatoms. The average molecular weight is 368 g/mol. The van der Waals surface area contributed by atoms with E-state index in [1.165, 1.54) is 0 Å². The molecule has 0 unspecified atom stereocenters. The van der Waals surface area contributed by atoms with E-state index in [1.807, 2.05) is 57.4 Å². The van der Waals surface area contributed by atoms with Crippen molar-refractivity contribution in [2.75, 3.05) is 18.4 Å². The number of hydrogen-bond donors (Lipinski definition) is 1. The van der Waals surface area contributed by atoms with Gasteiger partial charge >= 0.3 is 0 Å². The van der Waals surface area contributed by atoms with Crippen LogP contribution in [0.25, 0.3) is 4.96 Å². The van der Waals surface area contributed by atoms with E-state index in [0.29, 0.717) is 32.4 Å². The van der Waals surface area contributed by atoms with Crippen LogP contribution in [0.2, 0.25) is 0 Å². The zero-order chi connectivity index (χ0) is 17.9. The monoisotopic (exact) mass is 368 g/mol. The summed E-state index contributed by atoms with van der Waals surface area (Å²) in [6, 6.07) is 9.48. The average Bonchev–Trinajstić information content (AvgIpc) is 3.24. The van der Waals surface area contributed by atoms with Gasteiger partial charge in [-0.1, -0.05) is 18.2 Å². The smallest absolute Gasteiger partial charge is 0.228 e. The molecule has 1 fully saturated rings. The third-order valence-electron chi connectivity index (χ3n) is 4.74. The molecule has 0 bridgehead atoms. The number of piperidine rings is 1. The summed E-state index contributed by atoms with van der Waals surface area (Å²) in [4.78, 5) is 32.1. The van der Waals surface area contributed by atoms with Crippen LogP contribution in [-0.4, -0.2) is 39.2 Å². The van der Waals surface area contributed by atoms with Crippen LogP contribution >= 0.6 is 11.3 Å². The minimum atomic E-state index is -0.0443. The fourth-order valence-corrected chi connectivity index (χ4v) is 4.00. The summed E-state index contributed by atoms with van der Waals surface area (Å²) in [5, 5.41) is 4.92. The quantitative estimate of drug-likeness (QED) is 0.770. The maximum absolute atomic E-state index is 12.5.